The molecule has 31 heavy (non-hydrogen) atoms. The number of carbonyl (C=O) groups excluding carboxylic acids is 1. The van der Waals surface area contributed by atoms with E-state index in [-0.39, 0.29) is 11.8 Å². The van der Waals surface area contributed by atoms with Gasteiger partial charge in [0, 0.05) is 16.5 Å². The molecule has 152 valence electrons. The third kappa shape index (κ3) is 3.95. The van der Waals surface area contributed by atoms with Crippen LogP contribution in [0.1, 0.15) is 28.4 Å². The van der Waals surface area contributed by atoms with Gasteiger partial charge in [0.2, 0.25) is 0 Å². The largest absolute Gasteiger partial charge is 0.494 e. The summed E-state index contributed by atoms with van der Waals surface area (Å²) in [6.45, 7) is 1.78. The zero-order valence-electron chi connectivity index (χ0n) is 16.7. The number of nitrogens with two attached hydrogens (primary N) is 1. The average molecular weight is 409 g/mol. The number of benzene rings is 3. The molecule has 0 aliphatic carbocycles. The number of nitrogen functional groups attached to an aromatic ring is 1. The van der Waals surface area contributed by atoms with Crippen molar-refractivity contribution in [2.24, 2.45) is 4.99 Å². The van der Waals surface area contributed by atoms with Gasteiger partial charge in [-0.2, -0.15) is 5.26 Å². The highest BCUT2D eigenvalue weighted by Gasteiger charge is 2.14. The molecule has 1 amide bonds. The van der Waals surface area contributed by atoms with E-state index >= 15 is 0 Å². The quantitative estimate of drug-likeness (QED) is 0.287. The van der Waals surface area contributed by atoms with E-state index < -0.39 is 0 Å². The fourth-order valence-corrected chi connectivity index (χ4v) is 3.36. The molecule has 0 fully saturated rings. The van der Waals surface area contributed by atoms with Gasteiger partial charge >= 0.3 is 0 Å². The van der Waals surface area contributed by atoms with Crippen molar-refractivity contribution in [2.45, 2.75) is 6.92 Å². The second-order valence-corrected chi connectivity index (χ2v) is 7.01. The molecule has 5 N–H and O–H groups in total. The molecule has 0 radical (unpaired) electrons. The lowest BCUT2D eigenvalue weighted by Gasteiger charge is -2.08. The molecule has 0 aliphatic rings. The molecule has 0 atom stereocenters. The van der Waals surface area contributed by atoms with E-state index in [9.17, 15) is 9.90 Å². The number of nitrogens with one attached hydrogen (secondary N) is 2. The molecule has 4 aromatic rings. The minimum atomic E-state index is -0.275. The fraction of sp³-hybridized carbons (Fsp3) is 0.0417. The van der Waals surface area contributed by atoms with Gasteiger partial charge < -0.3 is 21.1 Å². The number of nitrogens with zero attached hydrogens (tertiary/aromatic N) is 2. The van der Waals surface area contributed by atoms with Crippen molar-refractivity contribution in [1.82, 2.24) is 4.98 Å². The van der Waals surface area contributed by atoms with Gasteiger partial charge in [0.1, 0.15) is 0 Å². The summed E-state index contributed by atoms with van der Waals surface area (Å²) in [5, 5.41) is 23.0. The van der Waals surface area contributed by atoms with Crippen molar-refractivity contribution < 1.29 is 9.90 Å². The number of rotatable bonds is 4. The van der Waals surface area contributed by atoms with Gasteiger partial charge in [-0.3, -0.25) is 9.79 Å². The number of aromatic hydroxyl groups is 1. The van der Waals surface area contributed by atoms with Crippen LogP contribution < -0.4 is 11.1 Å². The first kappa shape index (κ1) is 19.7. The molecule has 7 nitrogen and oxygen atoms in total. The van der Waals surface area contributed by atoms with Crippen LogP contribution in [0, 0.1) is 11.3 Å². The molecule has 0 spiro atoms. The Morgan fingerprint density at radius 1 is 1.13 bits per heavy atom. The van der Waals surface area contributed by atoms with Crippen LogP contribution in [0.3, 0.4) is 0 Å². The molecule has 3 aromatic carbocycles. The molecule has 7 heteroatoms. The third-order valence-corrected chi connectivity index (χ3v) is 4.90. The first-order chi connectivity index (χ1) is 15.0. The van der Waals surface area contributed by atoms with Gasteiger partial charge in [-0.15, -0.1) is 0 Å². The van der Waals surface area contributed by atoms with E-state index in [2.05, 4.69) is 21.4 Å². The Kier molecular flexibility index (Phi) is 5.12. The molecular weight excluding hydrogens is 390 g/mol. The van der Waals surface area contributed by atoms with E-state index in [0.29, 0.717) is 50.4 Å². The van der Waals surface area contributed by atoms with Gasteiger partial charge in [0.15, 0.2) is 5.88 Å². The van der Waals surface area contributed by atoms with Gasteiger partial charge in [-0.05, 0) is 61.5 Å². The maximum absolute atomic E-state index is 12.5. The van der Waals surface area contributed by atoms with Crippen molar-refractivity contribution in [3.8, 4) is 11.9 Å². The standard InChI is InChI=1S/C24H19N5O2/c1-14(22-18-12-15(13-25)6-11-20(18)28-24(22)31)27-17-9-7-16(8-10-17)23(30)29-21-5-3-2-4-19(21)26/h2-12,28,31H,26H2,1H3,(H,29,30). The topological polar surface area (TPSA) is 127 Å². The lowest BCUT2D eigenvalue weighted by molar-refractivity contribution is 0.102. The second kappa shape index (κ2) is 8.05. The van der Waals surface area contributed by atoms with Crippen molar-refractivity contribution in [3.63, 3.8) is 0 Å². The Balaban J connectivity index is 1.59. The molecular formula is C24H19N5O2. The number of aromatic amines is 1. The summed E-state index contributed by atoms with van der Waals surface area (Å²) in [5.41, 5.74) is 10.3. The Morgan fingerprint density at radius 3 is 2.58 bits per heavy atom. The Labute approximate surface area is 178 Å². The van der Waals surface area contributed by atoms with E-state index in [1.807, 2.05) is 0 Å². The van der Waals surface area contributed by atoms with Crippen LogP contribution in [0.2, 0.25) is 0 Å². The van der Waals surface area contributed by atoms with E-state index in [0.717, 1.165) is 0 Å². The number of aromatic nitrogens is 1. The lowest BCUT2D eigenvalue weighted by Crippen LogP contribution is -2.12. The number of nitriles is 1. The fourth-order valence-electron chi connectivity index (χ4n) is 3.36. The highest BCUT2D eigenvalue weighted by atomic mass is 16.3. The number of hydrogen-bond donors (Lipinski definition) is 4. The number of amides is 1. The van der Waals surface area contributed by atoms with Crippen LogP contribution >= 0.6 is 0 Å². The van der Waals surface area contributed by atoms with Crippen LogP contribution in [0.5, 0.6) is 5.88 Å². The molecule has 0 bridgehead atoms. The Morgan fingerprint density at radius 2 is 1.87 bits per heavy atom. The van der Waals surface area contributed by atoms with Crippen molar-refractivity contribution in [3.05, 3.63) is 83.4 Å². The van der Waals surface area contributed by atoms with Crippen LogP contribution in [0.25, 0.3) is 10.9 Å². The molecule has 0 saturated carbocycles. The number of para-hydroxylation sites is 2. The van der Waals surface area contributed by atoms with E-state index in [1.54, 1.807) is 73.7 Å². The number of hydrogen-bond acceptors (Lipinski definition) is 5. The average Bonchev–Trinajstić information content (AvgIpc) is 3.10. The summed E-state index contributed by atoms with van der Waals surface area (Å²) in [5.74, 6) is -0.286. The van der Waals surface area contributed by atoms with Crippen LogP contribution in [0.4, 0.5) is 17.1 Å². The molecule has 1 aromatic heterocycles. The molecule has 0 unspecified atom stereocenters. The third-order valence-electron chi connectivity index (χ3n) is 4.90. The zero-order chi connectivity index (χ0) is 22.0. The van der Waals surface area contributed by atoms with Gasteiger partial charge in [0.25, 0.3) is 5.91 Å². The maximum atomic E-state index is 12.5. The Hall–Kier alpha value is -4.57. The number of H-pyrrole nitrogens is 1. The minimum absolute atomic E-state index is 0.0113. The first-order valence-electron chi connectivity index (χ1n) is 9.52. The van der Waals surface area contributed by atoms with Crippen LogP contribution in [0.15, 0.2) is 71.7 Å². The lowest BCUT2D eigenvalue weighted by atomic mass is 10.1. The van der Waals surface area contributed by atoms with E-state index in [4.69, 9.17) is 11.0 Å². The summed E-state index contributed by atoms with van der Waals surface area (Å²) < 4.78 is 0. The highest BCUT2D eigenvalue weighted by molar-refractivity contribution is 6.13. The molecule has 0 aliphatic heterocycles. The monoisotopic (exact) mass is 409 g/mol. The number of fused-ring (bicyclic) bond motifs is 1. The normalized spacial score (nSPS) is 11.3. The SMILES string of the molecule is CC(=Nc1ccc(C(=O)Nc2ccccc2N)cc1)c1c(O)[nH]c2ccc(C#N)cc12. The minimum Gasteiger partial charge on any atom is -0.494 e. The predicted octanol–water partition coefficient (Wildman–Crippen LogP) is 4.72. The first-order valence-corrected chi connectivity index (χ1v) is 9.52. The van der Waals surface area contributed by atoms with Gasteiger partial charge in [0.05, 0.1) is 40.0 Å². The number of carbonyl (C=O) groups is 1. The number of aliphatic imine (C=N–C) groups is 1. The van der Waals surface area contributed by atoms with Crippen LogP contribution in [-0.4, -0.2) is 21.7 Å². The van der Waals surface area contributed by atoms with Crippen molar-refractivity contribution in [2.75, 3.05) is 11.1 Å². The van der Waals surface area contributed by atoms with Crippen molar-refractivity contribution in [1.29, 1.82) is 5.26 Å². The maximum Gasteiger partial charge on any atom is 0.255 e. The van der Waals surface area contributed by atoms with Gasteiger partial charge in [-0.1, -0.05) is 12.1 Å². The summed E-state index contributed by atoms with van der Waals surface area (Å²) in [7, 11) is 0. The molecule has 1 heterocycles. The smallest absolute Gasteiger partial charge is 0.255 e. The van der Waals surface area contributed by atoms with Crippen molar-refractivity contribution >= 4 is 39.6 Å². The second-order valence-electron chi connectivity index (χ2n) is 7.01. The van der Waals surface area contributed by atoms with Gasteiger partial charge in [-0.25, -0.2) is 0 Å². The Bertz CT molecular complexity index is 1360. The van der Waals surface area contributed by atoms with Crippen LogP contribution in [-0.2, 0) is 0 Å². The predicted molar refractivity (Wildman–Crippen MR) is 122 cm³/mol. The summed E-state index contributed by atoms with van der Waals surface area (Å²) in [6, 6.07) is 21.1. The molecule has 4 rings (SSSR count). The van der Waals surface area contributed by atoms with E-state index in [1.165, 1.54) is 0 Å². The molecule has 0 saturated heterocycles. The zero-order valence-corrected chi connectivity index (χ0v) is 16.7. The summed E-state index contributed by atoms with van der Waals surface area (Å²) in [6.07, 6.45) is 0. The highest BCUT2D eigenvalue weighted by Crippen LogP contribution is 2.30. The summed E-state index contributed by atoms with van der Waals surface area (Å²) in [4.78, 5) is 19.9. The summed E-state index contributed by atoms with van der Waals surface area (Å²) >= 11 is 0. The number of anilines is 2.